The van der Waals surface area contributed by atoms with Crippen molar-refractivity contribution in [3.05, 3.63) is 65.7 Å². The van der Waals surface area contributed by atoms with Crippen LogP contribution in [0.3, 0.4) is 0 Å². The number of morpholine rings is 1. The van der Waals surface area contributed by atoms with Crippen molar-refractivity contribution in [2.24, 2.45) is 0 Å². The van der Waals surface area contributed by atoms with Gasteiger partial charge in [0.1, 0.15) is 0 Å². The minimum absolute atomic E-state index is 0.0156. The monoisotopic (exact) mass is 436 g/mol. The summed E-state index contributed by atoms with van der Waals surface area (Å²) in [5, 5.41) is 6.82. The lowest BCUT2D eigenvalue weighted by Gasteiger charge is -2.35. The molecule has 32 heavy (non-hydrogen) atoms. The molecule has 0 radical (unpaired) electrons. The highest BCUT2D eigenvalue weighted by Crippen LogP contribution is 2.21. The highest BCUT2D eigenvalue weighted by molar-refractivity contribution is 5.94. The Balaban J connectivity index is 1.20. The van der Waals surface area contributed by atoms with Crippen LogP contribution in [0.15, 0.2) is 54.6 Å². The van der Waals surface area contributed by atoms with E-state index in [1.54, 1.807) is 0 Å². The molecular formula is C26H36N4O2. The molecule has 0 spiro atoms. The first-order chi connectivity index (χ1) is 15.7. The van der Waals surface area contributed by atoms with E-state index in [1.807, 2.05) is 49.4 Å². The molecule has 2 aliphatic rings. The Morgan fingerprint density at radius 2 is 1.69 bits per heavy atom. The van der Waals surface area contributed by atoms with Gasteiger partial charge in [-0.05, 0) is 49.6 Å². The first kappa shape index (κ1) is 22.8. The number of hydrogen-bond acceptors (Lipinski definition) is 5. The number of benzene rings is 2. The van der Waals surface area contributed by atoms with Crippen LogP contribution in [0.25, 0.3) is 0 Å². The van der Waals surface area contributed by atoms with Crippen LogP contribution < -0.4 is 15.5 Å². The van der Waals surface area contributed by atoms with Gasteiger partial charge in [-0.25, -0.2) is 0 Å². The second kappa shape index (κ2) is 11.5. The van der Waals surface area contributed by atoms with Crippen molar-refractivity contribution in [2.45, 2.75) is 31.8 Å². The first-order valence-electron chi connectivity index (χ1n) is 11.9. The average molecular weight is 437 g/mol. The largest absolute Gasteiger partial charge is 0.379 e. The van der Waals surface area contributed by atoms with Crippen molar-refractivity contribution in [3.63, 3.8) is 0 Å². The lowest BCUT2D eigenvalue weighted by Crippen LogP contribution is -2.46. The maximum atomic E-state index is 12.6. The number of anilines is 1. The molecule has 172 valence electrons. The zero-order chi connectivity index (χ0) is 22.2. The van der Waals surface area contributed by atoms with Gasteiger partial charge in [-0.15, -0.1) is 0 Å². The predicted molar refractivity (Wildman–Crippen MR) is 129 cm³/mol. The van der Waals surface area contributed by atoms with Crippen molar-refractivity contribution < 1.29 is 9.53 Å². The summed E-state index contributed by atoms with van der Waals surface area (Å²) < 4.78 is 5.42. The van der Waals surface area contributed by atoms with Crippen LogP contribution >= 0.6 is 0 Å². The number of carbonyl (C=O) groups is 1. The SMILES string of the molecule is CC(NC(=O)c1ccc(N2CCC(NCCN3CCOCC3)CC2)cc1)c1ccccc1. The molecular weight excluding hydrogens is 400 g/mol. The van der Waals surface area contributed by atoms with Gasteiger partial charge in [-0.2, -0.15) is 0 Å². The lowest BCUT2D eigenvalue weighted by atomic mass is 10.0. The summed E-state index contributed by atoms with van der Waals surface area (Å²) in [6.07, 6.45) is 2.31. The fourth-order valence-electron chi connectivity index (χ4n) is 4.52. The van der Waals surface area contributed by atoms with Gasteiger partial charge in [0.25, 0.3) is 5.91 Å². The number of nitrogens with zero attached hydrogens (tertiary/aromatic N) is 2. The summed E-state index contributed by atoms with van der Waals surface area (Å²) in [4.78, 5) is 17.5. The minimum atomic E-state index is -0.0314. The minimum Gasteiger partial charge on any atom is -0.379 e. The van der Waals surface area contributed by atoms with E-state index in [1.165, 1.54) is 5.69 Å². The van der Waals surface area contributed by atoms with Gasteiger partial charge < -0.3 is 20.3 Å². The number of nitrogens with one attached hydrogen (secondary N) is 2. The standard InChI is InChI=1S/C26H36N4O2/c1-21(22-5-3-2-4-6-22)28-26(31)23-7-9-25(10-8-23)30-14-11-24(12-15-30)27-13-16-29-17-19-32-20-18-29/h2-10,21,24,27H,11-20H2,1H3,(H,28,31). The van der Waals surface area contributed by atoms with Crippen molar-refractivity contribution >= 4 is 11.6 Å². The van der Waals surface area contributed by atoms with Crippen LogP contribution in [0, 0.1) is 0 Å². The number of piperidine rings is 1. The Hall–Kier alpha value is -2.41. The summed E-state index contributed by atoms with van der Waals surface area (Å²) in [6.45, 7) is 10.1. The maximum Gasteiger partial charge on any atom is 0.251 e. The molecule has 4 rings (SSSR count). The number of carbonyl (C=O) groups excluding carboxylic acids is 1. The van der Waals surface area contributed by atoms with Gasteiger partial charge in [0, 0.05) is 56.6 Å². The van der Waals surface area contributed by atoms with Crippen molar-refractivity contribution in [3.8, 4) is 0 Å². The molecule has 2 heterocycles. The Labute approximate surface area is 191 Å². The van der Waals surface area contributed by atoms with E-state index < -0.39 is 0 Å². The Kier molecular flexibility index (Phi) is 8.15. The lowest BCUT2D eigenvalue weighted by molar-refractivity contribution is 0.0380. The van der Waals surface area contributed by atoms with Crippen LogP contribution in [0.4, 0.5) is 5.69 Å². The van der Waals surface area contributed by atoms with Gasteiger partial charge in [0.05, 0.1) is 19.3 Å². The molecule has 0 bridgehead atoms. The topological polar surface area (TPSA) is 56.8 Å². The Bertz CT molecular complexity index is 829. The summed E-state index contributed by atoms with van der Waals surface area (Å²) in [5.41, 5.74) is 3.01. The molecule has 6 heteroatoms. The summed E-state index contributed by atoms with van der Waals surface area (Å²) in [5.74, 6) is -0.0314. The van der Waals surface area contributed by atoms with Crippen molar-refractivity contribution in [2.75, 3.05) is 57.4 Å². The van der Waals surface area contributed by atoms with E-state index in [9.17, 15) is 4.79 Å². The summed E-state index contributed by atoms with van der Waals surface area (Å²) in [6, 6.07) is 18.7. The number of rotatable bonds is 8. The van der Waals surface area contributed by atoms with E-state index in [-0.39, 0.29) is 11.9 Å². The molecule has 2 N–H and O–H groups in total. The van der Waals surface area contributed by atoms with Gasteiger partial charge in [0.2, 0.25) is 0 Å². The smallest absolute Gasteiger partial charge is 0.251 e. The normalized spacial score (nSPS) is 19.0. The second-order valence-corrected chi connectivity index (χ2v) is 8.82. The van der Waals surface area contributed by atoms with Gasteiger partial charge in [-0.3, -0.25) is 9.69 Å². The number of ether oxygens (including phenoxy) is 1. The summed E-state index contributed by atoms with van der Waals surface area (Å²) >= 11 is 0. The van der Waals surface area contributed by atoms with E-state index in [2.05, 4.69) is 32.6 Å². The third kappa shape index (κ3) is 6.31. The third-order valence-electron chi connectivity index (χ3n) is 6.60. The van der Waals surface area contributed by atoms with E-state index >= 15 is 0 Å². The molecule has 0 aliphatic carbocycles. The van der Waals surface area contributed by atoms with Crippen LogP contribution in [0.1, 0.15) is 41.7 Å². The number of hydrogen-bond donors (Lipinski definition) is 2. The molecule has 2 aliphatic heterocycles. The van der Waals surface area contributed by atoms with Crippen LogP contribution in [-0.4, -0.2) is 69.3 Å². The third-order valence-corrected chi connectivity index (χ3v) is 6.60. The average Bonchev–Trinajstić information content (AvgIpc) is 2.86. The molecule has 0 saturated carbocycles. The zero-order valence-corrected chi connectivity index (χ0v) is 19.1. The fraction of sp³-hybridized carbons (Fsp3) is 0.500. The van der Waals surface area contributed by atoms with Crippen molar-refractivity contribution in [1.82, 2.24) is 15.5 Å². The van der Waals surface area contributed by atoms with E-state index in [0.29, 0.717) is 11.6 Å². The second-order valence-electron chi connectivity index (χ2n) is 8.82. The van der Waals surface area contributed by atoms with Crippen LogP contribution in [-0.2, 0) is 4.74 Å². The highest BCUT2D eigenvalue weighted by atomic mass is 16.5. The molecule has 2 fully saturated rings. The van der Waals surface area contributed by atoms with Gasteiger partial charge in [-0.1, -0.05) is 30.3 Å². The molecule has 6 nitrogen and oxygen atoms in total. The quantitative estimate of drug-likeness (QED) is 0.666. The Morgan fingerprint density at radius 1 is 1.00 bits per heavy atom. The van der Waals surface area contributed by atoms with E-state index in [0.717, 1.165) is 70.9 Å². The summed E-state index contributed by atoms with van der Waals surface area (Å²) in [7, 11) is 0. The zero-order valence-electron chi connectivity index (χ0n) is 19.1. The molecule has 2 saturated heterocycles. The van der Waals surface area contributed by atoms with Crippen LogP contribution in [0.2, 0.25) is 0 Å². The predicted octanol–water partition coefficient (Wildman–Crippen LogP) is 3.07. The molecule has 1 amide bonds. The molecule has 2 aromatic rings. The molecule has 0 aromatic heterocycles. The Morgan fingerprint density at radius 3 is 2.38 bits per heavy atom. The highest BCUT2D eigenvalue weighted by Gasteiger charge is 2.20. The van der Waals surface area contributed by atoms with Gasteiger partial charge >= 0.3 is 0 Å². The number of amides is 1. The van der Waals surface area contributed by atoms with Gasteiger partial charge in [0.15, 0.2) is 0 Å². The molecule has 1 unspecified atom stereocenters. The molecule has 2 aromatic carbocycles. The molecule has 1 atom stereocenters. The van der Waals surface area contributed by atoms with Crippen LogP contribution in [0.5, 0.6) is 0 Å². The first-order valence-corrected chi connectivity index (χ1v) is 11.9. The fourth-order valence-corrected chi connectivity index (χ4v) is 4.52. The maximum absolute atomic E-state index is 12.6. The van der Waals surface area contributed by atoms with Crippen molar-refractivity contribution in [1.29, 1.82) is 0 Å². The van der Waals surface area contributed by atoms with E-state index in [4.69, 9.17) is 4.74 Å².